The van der Waals surface area contributed by atoms with Crippen molar-refractivity contribution in [1.82, 2.24) is 9.78 Å². The lowest BCUT2D eigenvalue weighted by Crippen LogP contribution is -2.35. The van der Waals surface area contributed by atoms with E-state index >= 15 is 0 Å². The van der Waals surface area contributed by atoms with Crippen LogP contribution >= 0.6 is 0 Å². The highest BCUT2D eigenvalue weighted by Crippen LogP contribution is 2.44. The average Bonchev–Trinajstić information content (AvgIpc) is 2.82. The van der Waals surface area contributed by atoms with E-state index < -0.39 is 5.60 Å². The predicted octanol–water partition coefficient (Wildman–Crippen LogP) is 2.95. The van der Waals surface area contributed by atoms with Crippen LogP contribution in [0.2, 0.25) is 0 Å². The third kappa shape index (κ3) is 2.64. The van der Waals surface area contributed by atoms with E-state index in [9.17, 15) is 5.11 Å². The lowest BCUT2D eigenvalue weighted by atomic mass is 9.73. The van der Waals surface area contributed by atoms with E-state index in [1.165, 1.54) is 0 Å². The summed E-state index contributed by atoms with van der Waals surface area (Å²) in [5.41, 5.74) is 0.0863. The van der Waals surface area contributed by atoms with Crippen LogP contribution in [0.1, 0.15) is 52.1 Å². The SMILES string of the molecule is CCn1ncc(OC)c1C1(O)CCC(C(C)C)CC1. The lowest BCUT2D eigenvalue weighted by molar-refractivity contribution is -0.0287. The first kappa shape index (κ1) is 14.4. The van der Waals surface area contributed by atoms with Crippen molar-refractivity contribution < 1.29 is 9.84 Å². The van der Waals surface area contributed by atoms with Crippen LogP contribution in [0.15, 0.2) is 6.20 Å². The fourth-order valence-electron chi connectivity index (χ4n) is 3.25. The van der Waals surface area contributed by atoms with Crippen molar-refractivity contribution in [3.63, 3.8) is 0 Å². The zero-order valence-corrected chi connectivity index (χ0v) is 12.5. The van der Waals surface area contributed by atoms with Crippen LogP contribution in [-0.2, 0) is 12.1 Å². The molecule has 0 unspecified atom stereocenters. The molecule has 1 heterocycles. The molecular weight excluding hydrogens is 240 g/mol. The van der Waals surface area contributed by atoms with Gasteiger partial charge in [0.15, 0.2) is 5.75 Å². The highest BCUT2D eigenvalue weighted by molar-refractivity contribution is 5.31. The molecule has 0 atom stereocenters. The smallest absolute Gasteiger partial charge is 0.162 e. The second-order valence-electron chi connectivity index (χ2n) is 5.99. The summed E-state index contributed by atoms with van der Waals surface area (Å²) in [6.45, 7) is 7.34. The van der Waals surface area contributed by atoms with E-state index in [0.717, 1.165) is 43.8 Å². The van der Waals surface area contributed by atoms with Crippen molar-refractivity contribution in [2.45, 2.75) is 58.6 Å². The van der Waals surface area contributed by atoms with Gasteiger partial charge >= 0.3 is 0 Å². The molecule has 2 rings (SSSR count). The Balaban J connectivity index is 2.24. The quantitative estimate of drug-likeness (QED) is 0.911. The van der Waals surface area contributed by atoms with Crippen molar-refractivity contribution in [1.29, 1.82) is 0 Å². The topological polar surface area (TPSA) is 47.3 Å². The number of methoxy groups -OCH3 is 1. The Hall–Kier alpha value is -1.03. The number of hydrogen-bond acceptors (Lipinski definition) is 3. The van der Waals surface area contributed by atoms with Crippen LogP contribution in [-0.4, -0.2) is 22.0 Å². The number of aliphatic hydroxyl groups is 1. The van der Waals surface area contributed by atoms with Gasteiger partial charge in [-0.15, -0.1) is 0 Å². The zero-order chi connectivity index (χ0) is 14.0. The molecule has 0 spiro atoms. The summed E-state index contributed by atoms with van der Waals surface area (Å²) in [7, 11) is 1.64. The maximum absolute atomic E-state index is 11.0. The minimum Gasteiger partial charge on any atom is -0.493 e. The molecule has 108 valence electrons. The normalized spacial score (nSPS) is 27.8. The molecule has 1 aliphatic rings. The summed E-state index contributed by atoms with van der Waals surface area (Å²) in [6.07, 6.45) is 5.47. The molecule has 0 bridgehead atoms. The molecule has 0 amide bonds. The van der Waals surface area contributed by atoms with Gasteiger partial charge < -0.3 is 9.84 Å². The van der Waals surface area contributed by atoms with E-state index in [1.807, 2.05) is 11.6 Å². The summed E-state index contributed by atoms with van der Waals surface area (Å²) in [5.74, 6) is 2.14. The van der Waals surface area contributed by atoms with Gasteiger partial charge in [0.05, 0.1) is 13.3 Å². The monoisotopic (exact) mass is 266 g/mol. The molecule has 0 aromatic carbocycles. The third-order valence-corrected chi connectivity index (χ3v) is 4.57. The summed E-state index contributed by atoms with van der Waals surface area (Å²) >= 11 is 0. The molecule has 0 aliphatic heterocycles. The standard InChI is InChI=1S/C15H26N2O2/c1-5-17-14(13(19-4)10-16-17)15(18)8-6-12(7-9-15)11(2)3/h10-12,18H,5-9H2,1-4H3. The van der Waals surface area contributed by atoms with E-state index in [2.05, 4.69) is 18.9 Å². The molecule has 0 saturated heterocycles. The van der Waals surface area contributed by atoms with E-state index in [-0.39, 0.29) is 0 Å². The number of rotatable bonds is 4. The highest BCUT2D eigenvalue weighted by Gasteiger charge is 2.40. The molecule has 0 radical (unpaired) electrons. The molecule has 1 aliphatic carbocycles. The molecular formula is C15H26N2O2. The molecule has 1 fully saturated rings. The number of aromatic nitrogens is 2. The van der Waals surface area contributed by atoms with Crippen molar-refractivity contribution in [2.24, 2.45) is 11.8 Å². The van der Waals surface area contributed by atoms with Crippen LogP contribution in [0.3, 0.4) is 0 Å². The molecule has 4 nitrogen and oxygen atoms in total. The van der Waals surface area contributed by atoms with Gasteiger partial charge in [0, 0.05) is 6.54 Å². The first-order valence-corrected chi connectivity index (χ1v) is 7.34. The van der Waals surface area contributed by atoms with Gasteiger partial charge in [-0.25, -0.2) is 0 Å². The summed E-state index contributed by atoms with van der Waals surface area (Å²) in [6, 6.07) is 0. The largest absolute Gasteiger partial charge is 0.493 e. The first-order valence-electron chi connectivity index (χ1n) is 7.34. The van der Waals surface area contributed by atoms with Crippen LogP contribution in [0.25, 0.3) is 0 Å². The van der Waals surface area contributed by atoms with Crippen LogP contribution < -0.4 is 4.74 Å². The molecule has 1 saturated carbocycles. The van der Waals surface area contributed by atoms with Crippen molar-refractivity contribution >= 4 is 0 Å². The zero-order valence-electron chi connectivity index (χ0n) is 12.5. The Bertz CT molecular complexity index is 396. The third-order valence-electron chi connectivity index (χ3n) is 4.57. The lowest BCUT2D eigenvalue weighted by Gasteiger charge is -2.38. The summed E-state index contributed by atoms with van der Waals surface area (Å²) < 4.78 is 7.25. The fraction of sp³-hybridized carbons (Fsp3) is 0.800. The number of ether oxygens (including phenoxy) is 1. The van der Waals surface area contributed by atoms with Gasteiger partial charge in [0.1, 0.15) is 11.3 Å². The van der Waals surface area contributed by atoms with Gasteiger partial charge in [-0.2, -0.15) is 5.10 Å². The van der Waals surface area contributed by atoms with Gasteiger partial charge in [-0.3, -0.25) is 4.68 Å². The number of aryl methyl sites for hydroxylation is 1. The minimum absolute atomic E-state index is 0.697. The molecule has 4 heteroatoms. The Morgan fingerprint density at radius 3 is 2.58 bits per heavy atom. The fourth-order valence-corrected chi connectivity index (χ4v) is 3.25. The molecule has 19 heavy (non-hydrogen) atoms. The highest BCUT2D eigenvalue weighted by atomic mass is 16.5. The van der Waals surface area contributed by atoms with Crippen molar-refractivity contribution in [3.8, 4) is 5.75 Å². The van der Waals surface area contributed by atoms with Gasteiger partial charge in [0.25, 0.3) is 0 Å². The Labute approximate surface area is 115 Å². The van der Waals surface area contributed by atoms with Crippen LogP contribution in [0, 0.1) is 11.8 Å². The number of hydrogen-bond donors (Lipinski definition) is 1. The van der Waals surface area contributed by atoms with E-state index in [4.69, 9.17) is 4.74 Å². The maximum Gasteiger partial charge on any atom is 0.162 e. The second kappa shape index (κ2) is 5.53. The van der Waals surface area contributed by atoms with E-state index in [0.29, 0.717) is 11.7 Å². The van der Waals surface area contributed by atoms with Gasteiger partial charge in [0.2, 0.25) is 0 Å². The summed E-state index contributed by atoms with van der Waals surface area (Å²) in [5, 5.41) is 15.3. The number of nitrogens with zero attached hydrogens (tertiary/aromatic N) is 2. The predicted molar refractivity (Wildman–Crippen MR) is 75.1 cm³/mol. The molecule has 1 aromatic rings. The minimum atomic E-state index is -0.775. The molecule has 1 aromatic heterocycles. The van der Waals surface area contributed by atoms with Gasteiger partial charge in [-0.1, -0.05) is 13.8 Å². The Morgan fingerprint density at radius 1 is 1.47 bits per heavy atom. The maximum atomic E-state index is 11.0. The molecule has 1 N–H and O–H groups in total. The average molecular weight is 266 g/mol. The first-order chi connectivity index (χ1) is 9.01. The van der Waals surface area contributed by atoms with E-state index in [1.54, 1.807) is 13.3 Å². The Kier molecular flexibility index (Phi) is 4.19. The van der Waals surface area contributed by atoms with Crippen molar-refractivity contribution in [3.05, 3.63) is 11.9 Å². The Morgan fingerprint density at radius 2 is 2.11 bits per heavy atom. The second-order valence-corrected chi connectivity index (χ2v) is 5.99. The van der Waals surface area contributed by atoms with Crippen molar-refractivity contribution in [2.75, 3.05) is 7.11 Å². The van der Waals surface area contributed by atoms with Crippen LogP contribution in [0.4, 0.5) is 0 Å². The summed E-state index contributed by atoms with van der Waals surface area (Å²) in [4.78, 5) is 0. The van der Waals surface area contributed by atoms with Crippen LogP contribution in [0.5, 0.6) is 5.75 Å². The van der Waals surface area contributed by atoms with Gasteiger partial charge in [-0.05, 0) is 44.4 Å².